The van der Waals surface area contributed by atoms with Crippen molar-refractivity contribution in [2.75, 3.05) is 25.0 Å². The van der Waals surface area contributed by atoms with Gasteiger partial charge in [0.15, 0.2) is 5.82 Å². The second-order valence-corrected chi connectivity index (χ2v) is 4.63. The third-order valence-electron chi connectivity index (χ3n) is 3.20. The molecule has 0 radical (unpaired) electrons. The lowest BCUT2D eigenvalue weighted by Crippen LogP contribution is -2.33. The van der Waals surface area contributed by atoms with Crippen molar-refractivity contribution < 1.29 is 13.7 Å². The van der Waals surface area contributed by atoms with Crippen molar-refractivity contribution in [3.8, 4) is 0 Å². The number of nitrogens with zero attached hydrogens (tertiary/aromatic N) is 1. The molecule has 19 heavy (non-hydrogen) atoms. The van der Waals surface area contributed by atoms with Gasteiger partial charge in [0, 0.05) is 12.6 Å². The van der Waals surface area contributed by atoms with Crippen molar-refractivity contribution in [1.82, 2.24) is 5.32 Å². The zero-order chi connectivity index (χ0) is 13.8. The highest BCUT2D eigenvalue weighted by Crippen LogP contribution is 2.29. The Morgan fingerprint density at radius 3 is 2.89 bits per heavy atom. The molecular weight excluding hydrogens is 256 g/mol. The first-order valence-electron chi connectivity index (χ1n) is 6.16. The van der Waals surface area contributed by atoms with Gasteiger partial charge >= 0.3 is 0 Å². The van der Waals surface area contributed by atoms with Crippen LogP contribution < -0.4 is 10.6 Å². The molecule has 1 aromatic carbocycles. The van der Waals surface area contributed by atoms with Gasteiger partial charge in [-0.2, -0.15) is 0 Å². The molecule has 1 fully saturated rings. The SMILES string of the molecule is O=[N+]([O-])c1cc(F)cc(F)c1NCC1CCCNC1. The summed E-state index contributed by atoms with van der Waals surface area (Å²) in [5.74, 6) is -1.60. The zero-order valence-electron chi connectivity index (χ0n) is 10.3. The van der Waals surface area contributed by atoms with Crippen molar-refractivity contribution in [1.29, 1.82) is 0 Å². The lowest BCUT2D eigenvalue weighted by molar-refractivity contribution is -0.384. The molecule has 1 aliphatic heterocycles. The molecule has 0 amide bonds. The Bertz CT molecular complexity index is 476. The van der Waals surface area contributed by atoms with E-state index in [4.69, 9.17) is 0 Å². The van der Waals surface area contributed by atoms with Crippen LogP contribution in [0.5, 0.6) is 0 Å². The van der Waals surface area contributed by atoms with Gasteiger partial charge in [0.1, 0.15) is 11.5 Å². The summed E-state index contributed by atoms with van der Waals surface area (Å²) in [4.78, 5) is 10.0. The number of halogens is 2. The molecule has 0 aliphatic carbocycles. The molecule has 104 valence electrons. The molecule has 1 saturated heterocycles. The van der Waals surface area contributed by atoms with Gasteiger partial charge in [-0.05, 0) is 31.8 Å². The quantitative estimate of drug-likeness (QED) is 0.651. The van der Waals surface area contributed by atoms with Gasteiger partial charge in [-0.15, -0.1) is 0 Å². The summed E-state index contributed by atoms with van der Waals surface area (Å²) >= 11 is 0. The van der Waals surface area contributed by atoms with Crippen molar-refractivity contribution in [2.45, 2.75) is 12.8 Å². The second kappa shape index (κ2) is 5.92. The Labute approximate surface area is 109 Å². The molecule has 0 spiro atoms. The maximum atomic E-state index is 13.6. The average molecular weight is 271 g/mol. The first-order valence-corrected chi connectivity index (χ1v) is 6.16. The summed E-state index contributed by atoms with van der Waals surface area (Å²) in [6, 6.07) is 1.37. The van der Waals surface area contributed by atoms with E-state index in [2.05, 4.69) is 10.6 Å². The van der Waals surface area contributed by atoms with Crippen LogP contribution in [0.2, 0.25) is 0 Å². The fraction of sp³-hybridized carbons (Fsp3) is 0.500. The molecule has 1 aliphatic rings. The Balaban J connectivity index is 2.12. The maximum absolute atomic E-state index is 13.6. The van der Waals surface area contributed by atoms with Gasteiger partial charge in [-0.3, -0.25) is 10.1 Å². The van der Waals surface area contributed by atoms with Crippen molar-refractivity contribution in [3.63, 3.8) is 0 Å². The van der Waals surface area contributed by atoms with Crippen molar-refractivity contribution in [3.05, 3.63) is 33.9 Å². The maximum Gasteiger partial charge on any atom is 0.298 e. The predicted octanol–water partition coefficient (Wildman–Crippen LogP) is 2.28. The van der Waals surface area contributed by atoms with Gasteiger partial charge < -0.3 is 10.6 Å². The smallest absolute Gasteiger partial charge is 0.298 e. The Hall–Kier alpha value is -1.76. The minimum Gasteiger partial charge on any atom is -0.377 e. The monoisotopic (exact) mass is 271 g/mol. The minimum absolute atomic E-state index is 0.239. The number of hydrogen-bond acceptors (Lipinski definition) is 4. The van der Waals surface area contributed by atoms with Crippen LogP contribution in [0.3, 0.4) is 0 Å². The van der Waals surface area contributed by atoms with Crippen LogP contribution in [-0.2, 0) is 0 Å². The summed E-state index contributed by atoms with van der Waals surface area (Å²) in [6.07, 6.45) is 2.01. The van der Waals surface area contributed by atoms with Gasteiger partial charge in [0.2, 0.25) is 0 Å². The lowest BCUT2D eigenvalue weighted by atomic mass is 9.99. The summed E-state index contributed by atoms with van der Waals surface area (Å²) in [5, 5.41) is 16.7. The van der Waals surface area contributed by atoms with E-state index in [0.29, 0.717) is 12.6 Å². The molecule has 5 nitrogen and oxygen atoms in total. The van der Waals surface area contributed by atoms with Crippen molar-refractivity contribution >= 4 is 11.4 Å². The molecule has 0 aromatic heterocycles. The second-order valence-electron chi connectivity index (χ2n) is 4.63. The molecule has 1 unspecified atom stereocenters. The van der Waals surface area contributed by atoms with E-state index in [1.54, 1.807) is 0 Å². The van der Waals surface area contributed by atoms with Crippen LogP contribution in [0.1, 0.15) is 12.8 Å². The van der Waals surface area contributed by atoms with E-state index < -0.39 is 22.2 Å². The van der Waals surface area contributed by atoms with Crippen LogP contribution in [0.4, 0.5) is 20.2 Å². The molecule has 7 heteroatoms. The van der Waals surface area contributed by atoms with E-state index in [0.717, 1.165) is 32.0 Å². The van der Waals surface area contributed by atoms with E-state index in [-0.39, 0.29) is 11.6 Å². The Kier molecular flexibility index (Phi) is 4.26. The van der Waals surface area contributed by atoms with E-state index in [9.17, 15) is 18.9 Å². The summed E-state index contributed by atoms with van der Waals surface area (Å²) in [7, 11) is 0. The predicted molar refractivity (Wildman–Crippen MR) is 67.1 cm³/mol. The standard InChI is InChI=1S/C12H15F2N3O2/c13-9-4-10(14)12(11(5-9)17(18)19)16-7-8-2-1-3-15-6-8/h4-5,8,15-16H,1-3,6-7H2. The number of piperidine rings is 1. The number of nitrogens with one attached hydrogen (secondary N) is 2. The molecule has 2 rings (SSSR count). The third kappa shape index (κ3) is 3.37. The van der Waals surface area contributed by atoms with Gasteiger partial charge in [0.05, 0.1) is 11.0 Å². The van der Waals surface area contributed by atoms with Crippen LogP contribution in [0.15, 0.2) is 12.1 Å². The molecule has 1 atom stereocenters. The van der Waals surface area contributed by atoms with Crippen LogP contribution in [0, 0.1) is 27.7 Å². The molecule has 0 saturated carbocycles. The van der Waals surface area contributed by atoms with Crippen molar-refractivity contribution in [2.24, 2.45) is 5.92 Å². The third-order valence-corrected chi connectivity index (χ3v) is 3.20. The van der Waals surface area contributed by atoms with Crippen LogP contribution in [-0.4, -0.2) is 24.6 Å². The highest BCUT2D eigenvalue weighted by atomic mass is 19.1. The first kappa shape index (κ1) is 13.7. The highest BCUT2D eigenvalue weighted by molar-refractivity contribution is 5.62. The number of anilines is 1. The summed E-state index contributed by atoms with van der Waals surface area (Å²) in [5.41, 5.74) is -0.807. The summed E-state index contributed by atoms with van der Waals surface area (Å²) in [6.45, 7) is 2.18. The number of hydrogen-bond donors (Lipinski definition) is 2. The molecule has 1 aromatic rings. The molecule has 0 bridgehead atoms. The minimum atomic E-state index is -0.950. The fourth-order valence-corrected chi connectivity index (χ4v) is 2.22. The molecule has 2 N–H and O–H groups in total. The largest absolute Gasteiger partial charge is 0.377 e. The van der Waals surface area contributed by atoms with E-state index >= 15 is 0 Å². The van der Waals surface area contributed by atoms with E-state index in [1.165, 1.54) is 0 Å². The van der Waals surface area contributed by atoms with E-state index in [1.807, 2.05) is 0 Å². The van der Waals surface area contributed by atoms with Crippen LogP contribution >= 0.6 is 0 Å². The number of nitro groups is 1. The molecular formula is C12H15F2N3O2. The topological polar surface area (TPSA) is 67.2 Å². The average Bonchev–Trinajstić information content (AvgIpc) is 2.38. The van der Waals surface area contributed by atoms with Gasteiger partial charge in [-0.25, -0.2) is 8.78 Å². The Morgan fingerprint density at radius 2 is 2.26 bits per heavy atom. The zero-order valence-corrected chi connectivity index (χ0v) is 10.3. The first-order chi connectivity index (χ1) is 9.08. The number of rotatable bonds is 4. The normalized spacial score (nSPS) is 19.2. The van der Waals surface area contributed by atoms with Gasteiger partial charge in [0.25, 0.3) is 5.69 Å². The summed E-state index contributed by atoms with van der Waals surface area (Å²) < 4.78 is 26.6. The number of benzene rings is 1. The number of nitro benzene ring substituents is 1. The highest BCUT2D eigenvalue weighted by Gasteiger charge is 2.21. The van der Waals surface area contributed by atoms with Gasteiger partial charge in [-0.1, -0.05) is 0 Å². The Morgan fingerprint density at radius 1 is 1.47 bits per heavy atom. The lowest BCUT2D eigenvalue weighted by Gasteiger charge is -2.23. The van der Waals surface area contributed by atoms with Crippen LogP contribution in [0.25, 0.3) is 0 Å². The molecule has 1 heterocycles. The fourth-order valence-electron chi connectivity index (χ4n) is 2.22.